The van der Waals surface area contributed by atoms with Crippen LogP contribution in [0.25, 0.3) is 0 Å². The van der Waals surface area contributed by atoms with Gasteiger partial charge in [-0.1, -0.05) is 24.3 Å². The average Bonchev–Trinajstić information content (AvgIpc) is 2.32. The first-order valence-corrected chi connectivity index (χ1v) is 4.90. The largest absolute Gasteiger partial charge is 0.420 e. The summed E-state index contributed by atoms with van der Waals surface area (Å²) in [5.74, 6) is -2.51. The Morgan fingerprint density at radius 2 is 1.47 bits per heavy atom. The van der Waals surface area contributed by atoms with Crippen molar-refractivity contribution in [2.24, 2.45) is 0 Å². The van der Waals surface area contributed by atoms with Gasteiger partial charge < -0.3 is 4.74 Å². The summed E-state index contributed by atoms with van der Waals surface area (Å²) in [6.07, 6.45) is 0. The van der Waals surface area contributed by atoms with Crippen LogP contribution in [0.2, 0.25) is 0 Å². The maximum Gasteiger partial charge on any atom is 0.346 e. The van der Waals surface area contributed by atoms with E-state index in [9.17, 15) is 13.6 Å². The molecule has 0 aliphatic carbocycles. The van der Waals surface area contributed by atoms with Crippen molar-refractivity contribution in [3.8, 4) is 5.75 Å². The van der Waals surface area contributed by atoms with Gasteiger partial charge in [-0.2, -0.15) is 0 Å². The lowest BCUT2D eigenvalue weighted by Crippen LogP contribution is -2.11. The standard InChI is InChI=1S/C13H8F2O2/c14-10-6-2-1-5-9(10)13(16)17-12-8-4-3-7-11(12)15/h1-8H. The molecule has 0 saturated carbocycles. The molecule has 0 saturated heterocycles. The fourth-order valence-corrected chi connectivity index (χ4v) is 1.31. The first kappa shape index (κ1) is 11.3. The molecule has 2 rings (SSSR count). The second-order valence-electron chi connectivity index (χ2n) is 3.30. The summed E-state index contributed by atoms with van der Waals surface area (Å²) in [6, 6.07) is 10.8. The van der Waals surface area contributed by atoms with E-state index in [0.29, 0.717) is 0 Å². The van der Waals surface area contributed by atoms with Crippen molar-refractivity contribution in [3.63, 3.8) is 0 Å². The maximum atomic E-state index is 13.2. The van der Waals surface area contributed by atoms with E-state index in [1.165, 1.54) is 36.4 Å². The molecule has 0 aromatic heterocycles. The molecule has 0 fully saturated rings. The molecule has 0 aliphatic heterocycles. The Bertz CT molecular complexity index is 553. The minimum absolute atomic E-state index is 0.222. The van der Waals surface area contributed by atoms with Crippen LogP contribution in [0.1, 0.15) is 10.4 Å². The van der Waals surface area contributed by atoms with Gasteiger partial charge in [-0.15, -0.1) is 0 Å². The molecular formula is C13H8F2O2. The molecule has 0 N–H and O–H groups in total. The van der Waals surface area contributed by atoms with Crippen LogP contribution in [-0.2, 0) is 0 Å². The van der Waals surface area contributed by atoms with Gasteiger partial charge in [0.15, 0.2) is 11.6 Å². The Morgan fingerprint density at radius 3 is 2.12 bits per heavy atom. The minimum Gasteiger partial charge on any atom is -0.420 e. The molecule has 2 nitrogen and oxygen atoms in total. The Balaban J connectivity index is 2.24. The average molecular weight is 234 g/mol. The van der Waals surface area contributed by atoms with Gasteiger partial charge in [0.2, 0.25) is 0 Å². The summed E-state index contributed by atoms with van der Waals surface area (Å²) >= 11 is 0. The van der Waals surface area contributed by atoms with Crippen LogP contribution in [0.3, 0.4) is 0 Å². The number of benzene rings is 2. The molecular weight excluding hydrogens is 226 g/mol. The van der Waals surface area contributed by atoms with Crippen LogP contribution in [0.15, 0.2) is 48.5 Å². The minimum atomic E-state index is -0.923. The van der Waals surface area contributed by atoms with E-state index in [2.05, 4.69) is 0 Å². The van der Waals surface area contributed by atoms with Crippen molar-refractivity contribution in [2.75, 3.05) is 0 Å². The number of hydrogen-bond acceptors (Lipinski definition) is 2. The smallest absolute Gasteiger partial charge is 0.346 e. The lowest BCUT2D eigenvalue weighted by molar-refractivity contribution is 0.0723. The summed E-state index contributed by atoms with van der Waals surface area (Å²) in [6.45, 7) is 0. The van der Waals surface area contributed by atoms with Crippen LogP contribution in [0, 0.1) is 11.6 Å². The number of carbonyl (C=O) groups is 1. The highest BCUT2D eigenvalue weighted by atomic mass is 19.1. The summed E-state index contributed by atoms with van der Waals surface area (Å²) in [5.41, 5.74) is -0.226. The predicted molar refractivity (Wildman–Crippen MR) is 57.8 cm³/mol. The van der Waals surface area contributed by atoms with E-state index in [0.717, 1.165) is 12.1 Å². The molecule has 0 radical (unpaired) electrons. The normalized spacial score (nSPS) is 10.0. The van der Waals surface area contributed by atoms with Crippen molar-refractivity contribution in [3.05, 3.63) is 65.7 Å². The molecule has 2 aromatic carbocycles. The lowest BCUT2D eigenvalue weighted by Gasteiger charge is -2.05. The molecule has 86 valence electrons. The third-order valence-corrected chi connectivity index (χ3v) is 2.13. The van der Waals surface area contributed by atoms with Crippen molar-refractivity contribution in [2.45, 2.75) is 0 Å². The number of ether oxygens (including phenoxy) is 1. The van der Waals surface area contributed by atoms with Crippen molar-refractivity contribution >= 4 is 5.97 Å². The van der Waals surface area contributed by atoms with E-state index in [4.69, 9.17) is 4.74 Å². The van der Waals surface area contributed by atoms with Crippen LogP contribution in [-0.4, -0.2) is 5.97 Å². The number of halogens is 2. The quantitative estimate of drug-likeness (QED) is 0.589. The van der Waals surface area contributed by atoms with Crippen LogP contribution in [0.5, 0.6) is 5.75 Å². The third-order valence-electron chi connectivity index (χ3n) is 2.13. The first-order valence-electron chi connectivity index (χ1n) is 4.90. The van der Waals surface area contributed by atoms with Gasteiger partial charge in [0.05, 0.1) is 5.56 Å². The van der Waals surface area contributed by atoms with Gasteiger partial charge in [0.1, 0.15) is 5.82 Å². The van der Waals surface area contributed by atoms with Gasteiger partial charge in [0.25, 0.3) is 0 Å². The fraction of sp³-hybridized carbons (Fsp3) is 0. The Labute approximate surface area is 96.5 Å². The summed E-state index contributed by atoms with van der Waals surface area (Å²) in [7, 11) is 0. The number of para-hydroxylation sites is 1. The van der Waals surface area contributed by atoms with Crippen molar-refractivity contribution in [1.29, 1.82) is 0 Å². The van der Waals surface area contributed by atoms with Gasteiger partial charge in [0, 0.05) is 0 Å². The highest BCUT2D eigenvalue weighted by Crippen LogP contribution is 2.18. The highest BCUT2D eigenvalue weighted by Gasteiger charge is 2.14. The summed E-state index contributed by atoms with van der Waals surface area (Å²) < 4.78 is 31.2. The third kappa shape index (κ3) is 2.47. The predicted octanol–water partition coefficient (Wildman–Crippen LogP) is 3.18. The number of rotatable bonds is 2. The molecule has 4 heteroatoms. The molecule has 0 aliphatic rings. The van der Waals surface area contributed by atoms with E-state index < -0.39 is 17.6 Å². The highest BCUT2D eigenvalue weighted by molar-refractivity contribution is 5.91. The Hall–Kier alpha value is -2.23. The second kappa shape index (κ2) is 4.74. The molecule has 17 heavy (non-hydrogen) atoms. The van der Waals surface area contributed by atoms with Gasteiger partial charge in [-0.05, 0) is 24.3 Å². The van der Waals surface area contributed by atoms with Gasteiger partial charge in [-0.3, -0.25) is 0 Å². The topological polar surface area (TPSA) is 26.3 Å². The van der Waals surface area contributed by atoms with Crippen molar-refractivity contribution in [1.82, 2.24) is 0 Å². The fourth-order valence-electron chi connectivity index (χ4n) is 1.31. The Morgan fingerprint density at radius 1 is 0.882 bits per heavy atom. The van der Waals surface area contributed by atoms with E-state index in [1.54, 1.807) is 0 Å². The SMILES string of the molecule is O=C(Oc1ccccc1F)c1ccccc1F. The maximum absolute atomic E-state index is 13.2. The van der Waals surface area contributed by atoms with Crippen LogP contribution < -0.4 is 4.74 Å². The molecule has 0 unspecified atom stereocenters. The van der Waals surface area contributed by atoms with Crippen LogP contribution in [0.4, 0.5) is 8.78 Å². The number of carbonyl (C=O) groups excluding carboxylic acids is 1. The number of hydrogen-bond donors (Lipinski definition) is 0. The zero-order valence-corrected chi connectivity index (χ0v) is 8.69. The van der Waals surface area contributed by atoms with E-state index in [1.807, 2.05) is 0 Å². The number of esters is 1. The molecule has 2 aromatic rings. The zero-order valence-electron chi connectivity index (χ0n) is 8.69. The van der Waals surface area contributed by atoms with Gasteiger partial charge >= 0.3 is 5.97 Å². The van der Waals surface area contributed by atoms with Gasteiger partial charge in [-0.25, -0.2) is 13.6 Å². The van der Waals surface area contributed by atoms with Crippen molar-refractivity contribution < 1.29 is 18.3 Å². The molecule has 0 atom stereocenters. The lowest BCUT2D eigenvalue weighted by atomic mass is 10.2. The molecule has 0 spiro atoms. The second-order valence-corrected chi connectivity index (χ2v) is 3.30. The molecule has 0 amide bonds. The zero-order chi connectivity index (χ0) is 12.3. The Kier molecular flexibility index (Phi) is 3.14. The summed E-state index contributed by atoms with van der Waals surface area (Å²) in [5, 5.41) is 0. The van der Waals surface area contributed by atoms with E-state index in [-0.39, 0.29) is 11.3 Å². The first-order chi connectivity index (χ1) is 8.18. The molecule has 0 bridgehead atoms. The van der Waals surface area contributed by atoms with Crippen LogP contribution >= 0.6 is 0 Å². The summed E-state index contributed by atoms with van der Waals surface area (Å²) in [4.78, 5) is 11.6. The van der Waals surface area contributed by atoms with E-state index >= 15 is 0 Å². The monoisotopic (exact) mass is 234 g/mol. The molecule has 0 heterocycles.